The Morgan fingerprint density at radius 2 is 1.38 bits per heavy atom. The molecule has 9 N–H and O–H groups in total. The van der Waals surface area contributed by atoms with Crippen LogP contribution in [0.4, 0.5) is 0 Å². The van der Waals surface area contributed by atoms with Crippen LogP contribution in [0.5, 0.6) is 5.75 Å². The van der Waals surface area contributed by atoms with Gasteiger partial charge in [-0.05, 0) is 61.2 Å². The van der Waals surface area contributed by atoms with E-state index in [9.17, 15) is 29.1 Å². The number of carbonyl (C=O) groups is 5. The number of amides is 4. The predicted molar refractivity (Wildman–Crippen MR) is 196 cm³/mol. The molecule has 52 heavy (non-hydrogen) atoms. The molecule has 2 atom stereocenters. The molecule has 15 nitrogen and oxygen atoms in total. The number of piperazine rings is 1. The summed E-state index contributed by atoms with van der Waals surface area (Å²) in [7, 11) is 1.53. The fourth-order valence-corrected chi connectivity index (χ4v) is 5.71. The Kier molecular flexibility index (Phi) is 14.7. The number of carboxylic acid groups (broad SMARTS) is 1. The van der Waals surface area contributed by atoms with E-state index in [4.69, 9.17) is 27.0 Å². The van der Waals surface area contributed by atoms with Gasteiger partial charge in [0.2, 0.25) is 11.8 Å². The van der Waals surface area contributed by atoms with E-state index < -0.39 is 42.3 Å². The van der Waals surface area contributed by atoms with Crippen LogP contribution in [0.15, 0.2) is 72.8 Å². The van der Waals surface area contributed by atoms with E-state index in [0.717, 1.165) is 5.56 Å². The van der Waals surface area contributed by atoms with Gasteiger partial charge in [-0.2, -0.15) is 0 Å². The lowest BCUT2D eigenvalue weighted by molar-refractivity contribution is -0.156. The van der Waals surface area contributed by atoms with Crippen molar-refractivity contribution in [1.29, 1.82) is 10.8 Å². The number of amidine groups is 2. The Morgan fingerprint density at radius 3 is 1.90 bits per heavy atom. The second kappa shape index (κ2) is 18.9. The van der Waals surface area contributed by atoms with Crippen molar-refractivity contribution in [3.8, 4) is 5.75 Å². The normalized spacial score (nSPS) is 14.4. The summed E-state index contributed by atoms with van der Waals surface area (Å²) in [6.07, 6.45) is 1.17. The summed E-state index contributed by atoms with van der Waals surface area (Å²) >= 11 is 0. The molecular formula is C36H43ClN8O7. The van der Waals surface area contributed by atoms with Gasteiger partial charge in [-0.25, -0.2) is 0 Å². The Hall–Kier alpha value is -5.96. The third-order valence-electron chi connectivity index (χ3n) is 8.50. The highest BCUT2D eigenvalue weighted by Crippen LogP contribution is 2.21. The number of hydrogen-bond acceptors (Lipinski definition) is 8. The first-order chi connectivity index (χ1) is 24.4. The van der Waals surface area contributed by atoms with E-state index in [0.29, 0.717) is 35.3 Å². The van der Waals surface area contributed by atoms with Gasteiger partial charge in [0.25, 0.3) is 11.8 Å². The van der Waals surface area contributed by atoms with Gasteiger partial charge in [0.05, 0.1) is 7.11 Å². The van der Waals surface area contributed by atoms with Crippen molar-refractivity contribution < 1.29 is 33.8 Å². The molecule has 1 aliphatic rings. The van der Waals surface area contributed by atoms with Crippen molar-refractivity contribution in [3.05, 3.63) is 101 Å². The highest BCUT2D eigenvalue weighted by Gasteiger charge is 2.40. The average Bonchev–Trinajstić information content (AvgIpc) is 3.12. The molecule has 4 amide bonds. The largest absolute Gasteiger partial charge is 0.497 e. The summed E-state index contributed by atoms with van der Waals surface area (Å²) in [5.41, 5.74) is 13.3. The number of carboxylic acids is 1. The van der Waals surface area contributed by atoms with E-state index in [-0.39, 0.29) is 68.0 Å². The smallest absolute Gasteiger partial charge is 0.323 e. The molecule has 16 heteroatoms. The number of nitrogens with zero attached hydrogens (tertiary/aromatic N) is 2. The maximum Gasteiger partial charge on any atom is 0.323 e. The lowest BCUT2D eigenvalue weighted by Gasteiger charge is -2.41. The number of rotatable bonds is 16. The number of halogens is 1. The molecule has 0 radical (unpaired) electrons. The molecule has 3 aromatic rings. The summed E-state index contributed by atoms with van der Waals surface area (Å²) in [5, 5.41) is 30.1. The third-order valence-corrected chi connectivity index (χ3v) is 8.50. The number of methoxy groups -OCH3 is 1. The van der Waals surface area contributed by atoms with Crippen LogP contribution in [0.2, 0.25) is 0 Å². The van der Waals surface area contributed by atoms with E-state index in [2.05, 4.69) is 10.6 Å². The highest BCUT2D eigenvalue weighted by molar-refractivity contribution is 6.01. The summed E-state index contributed by atoms with van der Waals surface area (Å²) in [5.74, 6) is -2.72. The lowest BCUT2D eigenvalue weighted by Crippen LogP contribution is -2.63. The van der Waals surface area contributed by atoms with Crippen molar-refractivity contribution in [2.24, 2.45) is 11.5 Å². The molecule has 1 aliphatic heterocycles. The van der Waals surface area contributed by atoms with Crippen LogP contribution in [0.1, 0.15) is 56.7 Å². The van der Waals surface area contributed by atoms with Gasteiger partial charge in [-0.15, -0.1) is 12.4 Å². The van der Waals surface area contributed by atoms with E-state index in [1.54, 1.807) is 48.5 Å². The molecule has 0 aromatic heterocycles. The molecule has 4 rings (SSSR count). The topological polar surface area (TPSA) is 245 Å². The Labute approximate surface area is 307 Å². The molecular weight excluding hydrogens is 692 g/mol. The molecule has 1 saturated heterocycles. The second-order valence-corrected chi connectivity index (χ2v) is 12.0. The Morgan fingerprint density at radius 1 is 0.846 bits per heavy atom. The molecule has 1 heterocycles. The number of carbonyl (C=O) groups excluding carboxylic acids is 4. The number of nitrogen functional groups attached to an aromatic ring is 2. The van der Waals surface area contributed by atoms with Crippen LogP contribution in [0.25, 0.3) is 0 Å². The number of benzene rings is 3. The maximum absolute atomic E-state index is 14.3. The zero-order chi connectivity index (χ0) is 37.1. The quantitative estimate of drug-likeness (QED) is 0.0643. The van der Waals surface area contributed by atoms with Gasteiger partial charge in [0.1, 0.15) is 36.0 Å². The minimum absolute atomic E-state index is 0. The zero-order valence-corrected chi connectivity index (χ0v) is 29.4. The maximum atomic E-state index is 14.3. The molecule has 0 saturated carbocycles. The minimum Gasteiger partial charge on any atom is -0.497 e. The monoisotopic (exact) mass is 734 g/mol. The predicted octanol–water partition coefficient (Wildman–Crippen LogP) is 1.75. The van der Waals surface area contributed by atoms with Crippen LogP contribution in [0.3, 0.4) is 0 Å². The number of ether oxygens (including phenoxy) is 1. The van der Waals surface area contributed by atoms with Crippen molar-refractivity contribution >= 4 is 53.7 Å². The van der Waals surface area contributed by atoms with Crippen LogP contribution in [0, 0.1) is 10.8 Å². The summed E-state index contributed by atoms with van der Waals surface area (Å²) in [4.78, 5) is 68.1. The molecule has 0 bridgehead atoms. The van der Waals surface area contributed by atoms with Crippen LogP contribution < -0.4 is 26.8 Å². The first-order valence-electron chi connectivity index (χ1n) is 16.3. The van der Waals surface area contributed by atoms with E-state index in [1.807, 2.05) is 0 Å². The van der Waals surface area contributed by atoms with Gasteiger partial charge < -0.3 is 41.7 Å². The SMILES string of the molecule is COc1ccc(C[C@H](NC(=O)c2ccc(C(=N)N)cc2)C(=O)N2CCN(CC(=O)O)C(=O)[C@@H]2CCCCNC(=O)c2ccc(C(=N)N)cc2)cc1.Cl. The van der Waals surface area contributed by atoms with Crippen LogP contribution in [-0.2, 0) is 20.8 Å². The van der Waals surface area contributed by atoms with Gasteiger partial charge in [0, 0.05) is 48.3 Å². The van der Waals surface area contributed by atoms with E-state index >= 15 is 0 Å². The fourth-order valence-electron chi connectivity index (χ4n) is 5.71. The number of hydrogen-bond donors (Lipinski definition) is 7. The molecule has 1 fully saturated rings. The molecule has 276 valence electrons. The summed E-state index contributed by atoms with van der Waals surface area (Å²) in [6.45, 7) is -0.183. The third kappa shape index (κ3) is 10.8. The second-order valence-electron chi connectivity index (χ2n) is 12.0. The van der Waals surface area contributed by atoms with Crippen molar-refractivity contribution in [3.63, 3.8) is 0 Å². The average molecular weight is 735 g/mol. The fraction of sp³-hybridized carbons (Fsp3) is 0.306. The number of nitrogens with one attached hydrogen (secondary N) is 4. The summed E-state index contributed by atoms with van der Waals surface area (Å²) in [6, 6.07) is 17.3. The van der Waals surface area contributed by atoms with Crippen molar-refractivity contribution in [1.82, 2.24) is 20.4 Å². The van der Waals surface area contributed by atoms with Gasteiger partial charge in [-0.3, -0.25) is 34.8 Å². The Bertz CT molecular complexity index is 1770. The highest BCUT2D eigenvalue weighted by atomic mass is 35.5. The zero-order valence-electron chi connectivity index (χ0n) is 28.6. The van der Waals surface area contributed by atoms with Gasteiger partial charge in [0.15, 0.2) is 0 Å². The van der Waals surface area contributed by atoms with Gasteiger partial charge >= 0.3 is 5.97 Å². The first kappa shape index (κ1) is 40.5. The minimum atomic E-state index is -1.18. The van der Waals surface area contributed by atoms with Crippen molar-refractivity contribution in [2.45, 2.75) is 37.8 Å². The number of aliphatic carboxylic acids is 1. The lowest BCUT2D eigenvalue weighted by atomic mass is 9.99. The molecule has 3 aromatic carbocycles. The van der Waals surface area contributed by atoms with E-state index in [1.165, 1.54) is 41.2 Å². The first-order valence-corrected chi connectivity index (χ1v) is 16.3. The summed E-state index contributed by atoms with van der Waals surface area (Å²) < 4.78 is 5.24. The van der Waals surface area contributed by atoms with Crippen LogP contribution in [-0.4, -0.2) is 102 Å². The standard InChI is InChI=1S/C36H42N8O7.ClH/c1-51-27-15-5-22(6-16-27)20-28(42-34(48)26-13-9-24(10-14-26)32(39)40)35(49)44-19-18-43(21-30(45)46)36(50)29(44)4-2-3-17-41-33(47)25-11-7-23(8-12-25)31(37)38;/h5-16,28-29H,2-4,17-21H2,1H3,(H3,37,38)(H3,39,40)(H,41,47)(H,42,48)(H,45,46);1H/t28-,29-;/m0./s1. The van der Waals surface area contributed by atoms with Crippen LogP contribution >= 0.6 is 12.4 Å². The molecule has 0 unspecified atom stereocenters. The van der Waals surface area contributed by atoms with Gasteiger partial charge in [-0.1, -0.05) is 36.4 Å². The number of nitrogens with two attached hydrogens (primary N) is 2. The number of unbranched alkanes of at least 4 members (excludes halogenated alkanes) is 1. The Balaban J connectivity index is 0.00000729. The molecule has 0 aliphatic carbocycles. The van der Waals surface area contributed by atoms with Crippen molar-refractivity contribution in [2.75, 3.05) is 33.3 Å². The molecule has 0 spiro atoms.